The molecule has 0 heterocycles. The Morgan fingerprint density at radius 2 is 1.86 bits per heavy atom. The average molecular weight is 420 g/mol. The number of aliphatic imine (C=N–C) groups is 1. The van der Waals surface area contributed by atoms with Crippen LogP contribution in [0.4, 0.5) is 0 Å². The van der Waals surface area contributed by atoms with Crippen LogP contribution in [0.5, 0.6) is 5.75 Å². The van der Waals surface area contributed by atoms with Gasteiger partial charge in [0.05, 0.1) is 13.7 Å². The number of nitrogens with one attached hydrogen (secondary N) is 1. The molecule has 0 aliphatic heterocycles. The Morgan fingerprint density at radius 1 is 1.27 bits per heavy atom. The molecule has 3 N–H and O–H groups in total. The Hall–Kier alpha value is -1.02. The molecule has 0 aromatic heterocycles. The number of nitrogens with zero attached hydrogens (tertiary/aromatic N) is 2. The van der Waals surface area contributed by atoms with Crippen LogP contribution < -0.4 is 15.8 Å². The van der Waals surface area contributed by atoms with E-state index in [9.17, 15) is 0 Å². The van der Waals surface area contributed by atoms with Crippen molar-refractivity contribution in [3.8, 4) is 5.75 Å². The summed E-state index contributed by atoms with van der Waals surface area (Å²) in [5, 5.41) is 3.15. The lowest BCUT2D eigenvalue weighted by Crippen LogP contribution is -2.42. The van der Waals surface area contributed by atoms with Gasteiger partial charge in [-0.1, -0.05) is 12.1 Å². The first kappa shape index (κ1) is 21.0. The molecule has 22 heavy (non-hydrogen) atoms. The summed E-state index contributed by atoms with van der Waals surface area (Å²) in [4.78, 5) is 6.54. The normalized spacial score (nSPS) is 12.0. The number of rotatable bonds is 7. The van der Waals surface area contributed by atoms with E-state index in [0.717, 1.165) is 18.7 Å². The maximum absolute atomic E-state index is 5.89. The van der Waals surface area contributed by atoms with Crippen molar-refractivity contribution < 1.29 is 4.74 Å². The maximum atomic E-state index is 5.89. The molecular weight excluding hydrogens is 391 g/mol. The number of ether oxygens (including phenoxy) is 1. The van der Waals surface area contributed by atoms with Gasteiger partial charge in [0, 0.05) is 12.1 Å². The summed E-state index contributed by atoms with van der Waals surface area (Å²) in [6, 6.07) is 8.05. The van der Waals surface area contributed by atoms with E-state index >= 15 is 0 Å². The van der Waals surface area contributed by atoms with E-state index in [1.165, 1.54) is 5.56 Å². The summed E-state index contributed by atoms with van der Waals surface area (Å²) in [5.74, 6) is 1.37. The molecule has 0 radical (unpaired) electrons. The first-order chi connectivity index (χ1) is 9.85. The summed E-state index contributed by atoms with van der Waals surface area (Å²) in [6.45, 7) is 5.72. The standard InChI is InChI=1S/C16H28N4O.HI/c1-16(2,20(3)4)12-19-15(17)18-11-10-13-6-8-14(21-5)9-7-13;/h6-9H,10-12H2,1-5H3,(H3,17,18,19);1H. The molecule has 0 saturated carbocycles. The molecule has 5 nitrogen and oxygen atoms in total. The Kier molecular flexibility index (Phi) is 9.43. The number of benzene rings is 1. The highest BCUT2D eigenvalue weighted by Gasteiger charge is 2.19. The highest BCUT2D eigenvalue weighted by molar-refractivity contribution is 14.0. The highest BCUT2D eigenvalue weighted by Crippen LogP contribution is 2.11. The lowest BCUT2D eigenvalue weighted by Gasteiger charge is -2.30. The molecule has 0 amide bonds. The molecule has 126 valence electrons. The van der Waals surface area contributed by atoms with Crippen LogP contribution >= 0.6 is 24.0 Å². The van der Waals surface area contributed by atoms with Gasteiger partial charge in [-0.3, -0.25) is 4.99 Å². The SMILES string of the molecule is COc1ccc(CCNC(N)=NCC(C)(C)N(C)C)cc1.I. The largest absolute Gasteiger partial charge is 0.497 e. The first-order valence-corrected chi connectivity index (χ1v) is 7.19. The molecule has 0 saturated heterocycles. The molecule has 1 aromatic carbocycles. The Morgan fingerprint density at radius 3 is 2.36 bits per heavy atom. The van der Waals surface area contributed by atoms with Crippen molar-refractivity contribution in [1.82, 2.24) is 10.2 Å². The van der Waals surface area contributed by atoms with E-state index in [4.69, 9.17) is 10.5 Å². The number of nitrogens with two attached hydrogens (primary N) is 1. The highest BCUT2D eigenvalue weighted by atomic mass is 127. The van der Waals surface area contributed by atoms with E-state index < -0.39 is 0 Å². The number of hydrogen-bond donors (Lipinski definition) is 2. The molecule has 0 bridgehead atoms. The van der Waals surface area contributed by atoms with Crippen molar-refractivity contribution in [3.05, 3.63) is 29.8 Å². The van der Waals surface area contributed by atoms with Gasteiger partial charge in [0.2, 0.25) is 0 Å². The zero-order valence-corrected chi connectivity index (χ0v) is 16.5. The fourth-order valence-corrected chi connectivity index (χ4v) is 1.60. The predicted molar refractivity (Wildman–Crippen MR) is 104 cm³/mol. The topological polar surface area (TPSA) is 62.9 Å². The summed E-state index contributed by atoms with van der Waals surface area (Å²) >= 11 is 0. The summed E-state index contributed by atoms with van der Waals surface area (Å²) in [7, 11) is 5.76. The van der Waals surface area contributed by atoms with Crippen LogP contribution in [0.25, 0.3) is 0 Å². The van der Waals surface area contributed by atoms with Gasteiger partial charge in [-0.2, -0.15) is 0 Å². The summed E-state index contributed by atoms with van der Waals surface area (Å²) < 4.78 is 5.14. The molecule has 0 unspecified atom stereocenters. The van der Waals surface area contributed by atoms with Gasteiger partial charge in [0.25, 0.3) is 0 Å². The molecule has 0 aliphatic rings. The van der Waals surface area contributed by atoms with Crippen LogP contribution in [-0.4, -0.2) is 50.7 Å². The third-order valence-corrected chi connectivity index (χ3v) is 3.73. The summed E-state index contributed by atoms with van der Waals surface area (Å²) in [5.41, 5.74) is 7.13. The van der Waals surface area contributed by atoms with Crippen molar-refractivity contribution in [2.75, 3.05) is 34.3 Å². The molecule has 0 aliphatic carbocycles. The minimum atomic E-state index is 0. The van der Waals surface area contributed by atoms with Crippen molar-refractivity contribution in [2.24, 2.45) is 10.7 Å². The molecule has 6 heteroatoms. The second-order valence-electron chi connectivity index (χ2n) is 5.93. The minimum absolute atomic E-state index is 0. The fraction of sp³-hybridized carbons (Fsp3) is 0.562. The number of guanidine groups is 1. The zero-order chi connectivity index (χ0) is 15.9. The Labute approximate surface area is 151 Å². The van der Waals surface area contributed by atoms with Crippen molar-refractivity contribution in [1.29, 1.82) is 0 Å². The second kappa shape index (κ2) is 9.89. The van der Waals surface area contributed by atoms with Crippen LogP contribution in [0.3, 0.4) is 0 Å². The maximum Gasteiger partial charge on any atom is 0.188 e. The number of methoxy groups -OCH3 is 1. The van der Waals surface area contributed by atoms with E-state index in [0.29, 0.717) is 12.5 Å². The molecule has 0 fully saturated rings. The lowest BCUT2D eigenvalue weighted by molar-refractivity contribution is 0.205. The van der Waals surface area contributed by atoms with Crippen molar-refractivity contribution >= 4 is 29.9 Å². The van der Waals surface area contributed by atoms with Gasteiger partial charge < -0.3 is 20.7 Å². The average Bonchev–Trinajstić information content (AvgIpc) is 2.46. The second-order valence-corrected chi connectivity index (χ2v) is 5.93. The van der Waals surface area contributed by atoms with E-state index in [-0.39, 0.29) is 29.5 Å². The van der Waals surface area contributed by atoms with Gasteiger partial charge in [-0.05, 0) is 52.1 Å². The number of halogens is 1. The third kappa shape index (κ3) is 7.31. The molecule has 0 atom stereocenters. The molecule has 1 rings (SSSR count). The monoisotopic (exact) mass is 420 g/mol. The van der Waals surface area contributed by atoms with Crippen LogP contribution in [0.1, 0.15) is 19.4 Å². The van der Waals surface area contributed by atoms with Gasteiger partial charge in [-0.15, -0.1) is 24.0 Å². The fourth-order valence-electron chi connectivity index (χ4n) is 1.60. The van der Waals surface area contributed by atoms with Gasteiger partial charge in [0.15, 0.2) is 5.96 Å². The van der Waals surface area contributed by atoms with Gasteiger partial charge in [0.1, 0.15) is 5.75 Å². The molecule has 0 spiro atoms. The molecular formula is C16H29IN4O. The van der Waals surface area contributed by atoms with E-state index in [2.05, 4.69) is 41.2 Å². The van der Waals surface area contributed by atoms with Crippen LogP contribution in [0, 0.1) is 0 Å². The quantitative estimate of drug-likeness (QED) is 0.403. The lowest BCUT2D eigenvalue weighted by atomic mass is 10.1. The summed E-state index contributed by atoms with van der Waals surface area (Å²) in [6.07, 6.45) is 0.900. The minimum Gasteiger partial charge on any atom is -0.497 e. The molecule has 1 aromatic rings. The zero-order valence-electron chi connectivity index (χ0n) is 14.2. The van der Waals surface area contributed by atoms with Crippen LogP contribution in [0.15, 0.2) is 29.3 Å². The van der Waals surface area contributed by atoms with Crippen LogP contribution in [0.2, 0.25) is 0 Å². The first-order valence-electron chi connectivity index (χ1n) is 7.19. The van der Waals surface area contributed by atoms with Gasteiger partial charge >= 0.3 is 0 Å². The number of hydrogen-bond acceptors (Lipinski definition) is 3. The van der Waals surface area contributed by atoms with E-state index in [1.54, 1.807) is 7.11 Å². The van der Waals surface area contributed by atoms with E-state index in [1.807, 2.05) is 26.2 Å². The van der Waals surface area contributed by atoms with Gasteiger partial charge in [-0.25, -0.2) is 0 Å². The number of likely N-dealkylation sites (N-methyl/N-ethyl adjacent to an activating group) is 1. The smallest absolute Gasteiger partial charge is 0.188 e. The Balaban J connectivity index is 0.00000441. The Bertz CT molecular complexity index is 458. The van der Waals surface area contributed by atoms with Crippen molar-refractivity contribution in [3.63, 3.8) is 0 Å². The van der Waals surface area contributed by atoms with Crippen molar-refractivity contribution in [2.45, 2.75) is 25.8 Å². The van der Waals surface area contributed by atoms with Crippen LogP contribution in [-0.2, 0) is 6.42 Å². The third-order valence-electron chi connectivity index (χ3n) is 3.73. The predicted octanol–water partition coefficient (Wildman–Crippen LogP) is 2.10.